The Morgan fingerprint density at radius 3 is 1.74 bits per heavy atom. The van der Waals surface area contributed by atoms with Crippen LogP contribution in [0.25, 0.3) is 11.4 Å². The van der Waals surface area contributed by atoms with Crippen LogP contribution >= 0.6 is 0 Å². The first kappa shape index (κ1) is 17.3. The second-order valence-corrected chi connectivity index (χ2v) is 6.17. The Labute approximate surface area is 137 Å². The summed E-state index contributed by atoms with van der Waals surface area (Å²) >= 11 is 0. The molecular formula is C17H25N5O. The van der Waals surface area contributed by atoms with E-state index in [2.05, 4.69) is 15.0 Å². The highest BCUT2D eigenvalue weighted by atomic mass is 16.3. The molecule has 0 fully saturated rings. The zero-order valence-corrected chi connectivity index (χ0v) is 14.6. The molecular weight excluding hydrogens is 290 g/mol. The summed E-state index contributed by atoms with van der Waals surface area (Å²) < 4.78 is 0. The van der Waals surface area contributed by atoms with Gasteiger partial charge in [0.2, 0.25) is 0 Å². The average Bonchev–Trinajstić information content (AvgIpc) is 2.53. The predicted molar refractivity (Wildman–Crippen MR) is 91.1 cm³/mol. The fraction of sp³-hybridized carbons (Fsp3) is 0.471. The van der Waals surface area contributed by atoms with Crippen LogP contribution in [-0.4, -0.2) is 58.0 Å². The van der Waals surface area contributed by atoms with Gasteiger partial charge in [-0.1, -0.05) is 12.1 Å². The third-order valence-electron chi connectivity index (χ3n) is 4.11. The van der Waals surface area contributed by atoms with Crippen LogP contribution in [0.1, 0.15) is 37.6 Å². The maximum absolute atomic E-state index is 10.1. The Hall–Kier alpha value is -2.05. The maximum atomic E-state index is 10.1. The van der Waals surface area contributed by atoms with E-state index in [-0.39, 0.29) is 17.8 Å². The second-order valence-electron chi connectivity index (χ2n) is 6.17. The van der Waals surface area contributed by atoms with Crippen molar-refractivity contribution in [2.24, 2.45) is 0 Å². The van der Waals surface area contributed by atoms with Crippen LogP contribution < -0.4 is 0 Å². The molecule has 6 nitrogen and oxygen atoms in total. The maximum Gasteiger partial charge on any atom is 0.167 e. The minimum absolute atomic E-state index is 0.0516. The van der Waals surface area contributed by atoms with Crippen molar-refractivity contribution in [3.8, 4) is 17.1 Å². The molecule has 0 aliphatic heterocycles. The van der Waals surface area contributed by atoms with Gasteiger partial charge < -0.3 is 5.11 Å². The molecule has 1 heterocycles. The van der Waals surface area contributed by atoms with Crippen LogP contribution in [0.3, 0.4) is 0 Å². The highest BCUT2D eigenvalue weighted by Gasteiger charge is 2.20. The second kappa shape index (κ2) is 7.02. The number of nitrogens with zero attached hydrogens (tertiary/aromatic N) is 5. The van der Waals surface area contributed by atoms with Gasteiger partial charge in [0, 0.05) is 0 Å². The number of phenols is 1. The average molecular weight is 315 g/mol. The summed E-state index contributed by atoms with van der Waals surface area (Å²) in [4.78, 5) is 17.9. The minimum Gasteiger partial charge on any atom is -0.507 e. The lowest BCUT2D eigenvalue weighted by molar-refractivity contribution is 0.292. The number of aromatic hydroxyl groups is 1. The quantitative estimate of drug-likeness (QED) is 0.914. The Morgan fingerprint density at radius 2 is 1.30 bits per heavy atom. The summed E-state index contributed by atoms with van der Waals surface area (Å²) in [5.74, 6) is 2.08. The van der Waals surface area contributed by atoms with E-state index in [1.807, 2.05) is 64.0 Å². The van der Waals surface area contributed by atoms with Crippen molar-refractivity contribution < 1.29 is 5.11 Å². The number of rotatable bonds is 5. The zero-order chi connectivity index (χ0) is 17.1. The van der Waals surface area contributed by atoms with Gasteiger partial charge in [-0.3, -0.25) is 9.80 Å². The number of benzene rings is 1. The Kier molecular flexibility index (Phi) is 5.28. The third kappa shape index (κ3) is 3.83. The van der Waals surface area contributed by atoms with Crippen molar-refractivity contribution in [2.45, 2.75) is 25.9 Å². The molecule has 1 aromatic heterocycles. The van der Waals surface area contributed by atoms with E-state index in [1.54, 1.807) is 12.1 Å². The normalized spacial score (nSPS) is 14.3. The summed E-state index contributed by atoms with van der Waals surface area (Å²) in [6.45, 7) is 4.10. The molecule has 0 spiro atoms. The van der Waals surface area contributed by atoms with Crippen LogP contribution in [0.4, 0.5) is 0 Å². The molecule has 6 heteroatoms. The van der Waals surface area contributed by atoms with E-state index in [9.17, 15) is 5.11 Å². The van der Waals surface area contributed by atoms with Crippen molar-refractivity contribution >= 4 is 0 Å². The van der Waals surface area contributed by atoms with E-state index in [1.165, 1.54) is 0 Å². The largest absolute Gasteiger partial charge is 0.507 e. The van der Waals surface area contributed by atoms with Crippen LogP contribution in [-0.2, 0) is 0 Å². The standard InChI is InChI=1S/C17H25N5O/c1-11(21(3)4)15-18-16(12(2)22(5)6)20-17(19-15)13-9-7-8-10-14(13)23/h7-12,23H,1-6H3. The van der Waals surface area contributed by atoms with Gasteiger partial charge in [0.05, 0.1) is 17.6 Å². The van der Waals surface area contributed by atoms with E-state index >= 15 is 0 Å². The molecule has 124 valence electrons. The van der Waals surface area contributed by atoms with Crippen LogP contribution in [0.2, 0.25) is 0 Å². The number of hydrogen-bond acceptors (Lipinski definition) is 6. The molecule has 0 aliphatic rings. The van der Waals surface area contributed by atoms with Gasteiger partial charge in [-0.2, -0.15) is 0 Å². The predicted octanol–water partition coefficient (Wildman–Crippen LogP) is 2.49. The molecule has 0 saturated carbocycles. The monoisotopic (exact) mass is 315 g/mol. The van der Waals surface area contributed by atoms with Gasteiger partial charge in [0.25, 0.3) is 0 Å². The summed E-state index contributed by atoms with van der Waals surface area (Å²) in [6.07, 6.45) is 0. The summed E-state index contributed by atoms with van der Waals surface area (Å²) in [5, 5.41) is 10.1. The molecule has 2 atom stereocenters. The topological polar surface area (TPSA) is 65.4 Å². The molecule has 0 saturated heterocycles. The number of para-hydroxylation sites is 1. The molecule has 0 radical (unpaired) electrons. The van der Waals surface area contributed by atoms with Crippen molar-refractivity contribution in [1.82, 2.24) is 24.8 Å². The highest BCUT2D eigenvalue weighted by molar-refractivity contribution is 5.63. The van der Waals surface area contributed by atoms with E-state index in [4.69, 9.17) is 0 Å². The van der Waals surface area contributed by atoms with Crippen LogP contribution in [0.15, 0.2) is 24.3 Å². The fourth-order valence-corrected chi connectivity index (χ4v) is 2.03. The summed E-state index contributed by atoms with van der Waals surface area (Å²) in [6, 6.07) is 7.21. The first-order valence-corrected chi connectivity index (χ1v) is 7.68. The van der Waals surface area contributed by atoms with Crippen LogP contribution in [0.5, 0.6) is 5.75 Å². The first-order chi connectivity index (χ1) is 10.8. The van der Waals surface area contributed by atoms with Gasteiger partial charge in [0.15, 0.2) is 5.82 Å². The van der Waals surface area contributed by atoms with Gasteiger partial charge in [0.1, 0.15) is 17.4 Å². The number of aromatic nitrogens is 3. The number of phenolic OH excluding ortho intramolecular Hbond substituents is 1. The van der Waals surface area contributed by atoms with Crippen molar-refractivity contribution in [2.75, 3.05) is 28.2 Å². The third-order valence-corrected chi connectivity index (χ3v) is 4.11. The first-order valence-electron chi connectivity index (χ1n) is 7.68. The number of hydrogen-bond donors (Lipinski definition) is 1. The minimum atomic E-state index is 0.0516. The van der Waals surface area contributed by atoms with Gasteiger partial charge in [-0.05, 0) is 54.2 Å². The molecule has 0 amide bonds. The van der Waals surface area contributed by atoms with Crippen molar-refractivity contribution in [1.29, 1.82) is 0 Å². The SMILES string of the molecule is CC(c1nc(-c2ccccc2O)nc(C(C)N(C)C)n1)N(C)C. The summed E-state index contributed by atoms with van der Waals surface area (Å²) in [7, 11) is 7.96. The summed E-state index contributed by atoms with van der Waals surface area (Å²) in [5.41, 5.74) is 0.620. The highest BCUT2D eigenvalue weighted by Crippen LogP contribution is 2.28. The Morgan fingerprint density at radius 1 is 0.826 bits per heavy atom. The smallest absolute Gasteiger partial charge is 0.167 e. The molecule has 2 rings (SSSR count). The molecule has 2 unspecified atom stereocenters. The molecule has 2 aromatic rings. The lowest BCUT2D eigenvalue weighted by Crippen LogP contribution is -2.24. The van der Waals surface area contributed by atoms with E-state index in [0.29, 0.717) is 23.0 Å². The lowest BCUT2D eigenvalue weighted by Gasteiger charge is -2.22. The molecule has 0 bridgehead atoms. The van der Waals surface area contributed by atoms with Gasteiger partial charge >= 0.3 is 0 Å². The fourth-order valence-electron chi connectivity index (χ4n) is 2.03. The Bertz CT molecular complexity index is 640. The molecule has 1 N–H and O–H groups in total. The zero-order valence-electron chi connectivity index (χ0n) is 14.6. The Balaban J connectivity index is 2.60. The van der Waals surface area contributed by atoms with E-state index < -0.39 is 0 Å². The van der Waals surface area contributed by atoms with Crippen molar-refractivity contribution in [3.63, 3.8) is 0 Å². The van der Waals surface area contributed by atoms with E-state index in [0.717, 1.165) is 0 Å². The molecule has 1 aromatic carbocycles. The van der Waals surface area contributed by atoms with Crippen LogP contribution in [0, 0.1) is 0 Å². The van der Waals surface area contributed by atoms with Gasteiger partial charge in [-0.15, -0.1) is 0 Å². The lowest BCUT2D eigenvalue weighted by atomic mass is 10.1. The van der Waals surface area contributed by atoms with Crippen molar-refractivity contribution in [3.05, 3.63) is 35.9 Å². The van der Waals surface area contributed by atoms with Gasteiger partial charge in [-0.25, -0.2) is 15.0 Å². The molecule has 23 heavy (non-hydrogen) atoms. The molecule has 0 aliphatic carbocycles.